The topological polar surface area (TPSA) is 83.0 Å². The Morgan fingerprint density at radius 2 is 1.93 bits per heavy atom. The van der Waals surface area contributed by atoms with Crippen molar-refractivity contribution < 1.29 is 17.5 Å². The molecule has 1 heterocycles. The molecule has 164 valence electrons. The van der Waals surface area contributed by atoms with Crippen LogP contribution in [0.25, 0.3) is 0 Å². The van der Waals surface area contributed by atoms with Gasteiger partial charge in [-0.25, -0.2) is 12.8 Å². The lowest BCUT2D eigenvalue weighted by Crippen LogP contribution is -2.48. The Bertz CT molecular complexity index is 765. The lowest BCUT2D eigenvalue weighted by Gasteiger charge is -2.36. The van der Waals surface area contributed by atoms with Gasteiger partial charge in [0.25, 0.3) is 0 Å². The molecule has 9 heteroatoms. The van der Waals surface area contributed by atoms with Gasteiger partial charge in [0.1, 0.15) is 10.7 Å². The van der Waals surface area contributed by atoms with E-state index >= 15 is 0 Å². The van der Waals surface area contributed by atoms with Gasteiger partial charge in [-0.1, -0.05) is 26.0 Å². The third-order valence-corrected chi connectivity index (χ3v) is 6.64. The normalized spacial score (nSPS) is 17.3. The van der Waals surface area contributed by atoms with E-state index in [0.29, 0.717) is 25.0 Å². The van der Waals surface area contributed by atoms with Gasteiger partial charge in [-0.05, 0) is 25.0 Å². The number of nitrogens with one attached hydrogen (secondary N) is 2. The van der Waals surface area contributed by atoms with Gasteiger partial charge in [-0.2, -0.15) is 0 Å². The molecule has 7 nitrogen and oxygen atoms in total. The monoisotopic (exact) mass is 428 g/mol. The Morgan fingerprint density at radius 1 is 1.24 bits per heavy atom. The Kier molecular flexibility index (Phi) is 9.32. The van der Waals surface area contributed by atoms with Crippen LogP contribution in [0.4, 0.5) is 4.39 Å². The lowest BCUT2D eigenvalue weighted by atomic mass is 10.0. The van der Waals surface area contributed by atoms with Gasteiger partial charge < -0.3 is 15.4 Å². The summed E-state index contributed by atoms with van der Waals surface area (Å²) in [5.74, 6) is 0.0600. The van der Waals surface area contributed by atoms with Gasteiger partial charge >= 0.3 is 0 Å². The fraction of sp³-hybridized carbons (Fsp3) is 0.650. The third-order valence-electron chi connectivity index (χ3n) is 4.90. The third kappa shape index (κ3) is 7.24. The van der Waals surface area contributed by atoms with Gasteiger partial charge in [0.05, 0.1) is 25.5 Å². The number of ether oxygens (including phenoxy) is 1. The zero-order valence-corrected chi connectivity index (χ0v) is 18.3. The van der Waals surface area contributed by atoms with Crippen LogP contribution in [-0.4, -0.2) is 77.0 Å². The Hall–Kier alpha value is -1.71. The number of rotatable bonds is 9. The maximum Gasteiger partial charge on any atom is 0.191 e. The summed E-state index contributed by atoms with van der Waals surface area (Å²) in [7, 11) is -3.71. The lowest BCUT2D eigenvalue weighted by molar-refractivity contribution is 0.00867. The molecule has 0 aliphatic carbocycles. The minimum absolute atomic E-state index is 0.145. The molecule has 0 radical (unpaired) electrons. The summed E-state index contributed by atoms with van der Waals surface area (Å²) in [5.41, 5.74) is 0. The van der Waals surface area contributed by atoms with Crippen LogP contribution in [0.2, 0.25) is 0 Å². The predicted molar refractivity (Wildman–Crippen MR) is 113 cm³/mol. The van der Waals surface area contributed by atoms with E-state index in [0.717, 1.165) is 32.4 Å². The smallest absolute Gasteiger partial charge is 0.191 e. The van der Waals surface area contributed by atoms with E-state index in [1.807, 2.05) is 6.92 Å². The first-order valence-corrected chi connectivity index (χ1v) is 11.8. The van der Waals surface area contributed by atoms with Crippen molar-refractivity contribution in [1.29, 1.82) is 0 Å². The molecule has 1 aromatic rings. The molecule has 1 aliphatic rings. The minimum atomic E-state index is -3.71. The van der Waals surface area contributed by atoms with Crippen molar-refractivity contribution >= 4 is 15.8 Å². The largest absolute Gasteiger partial charge is 0.379 e. The van der Waals surface area contributed by atoms with Crippen molar-refractivity contribution in [3.8, 4) is 0 Å². The number of hydrogen-bond acceptors (Lipinski definition) is 5. The number of nitrogens with zero attached hydrogens (tertiary/aromatic N) is 2. The molecular formula is C20H33FN4O3S. The van der Waals surface area contributed by atoms with Crippen LogP contribution in [-0.2, 0) is 14.6 Å². The molecule has 0 bridgehead atoms. The molecule has 2 N–H and O–H groups in total. The van der Waals surface area contributed by atoms with Crippen molar-refractivity contribution in [2.75, 3.05) is 51.7 Å². The summed E-state index contributed by atoms with van der Waals surface area (Å²) < 4.78 is 44.0. The maximum absolute atomic E-state index is 13.8. The standard InChI is InChI=1S/C20H33FN4O3S/c1-4-22-20(24-15-18(16(2)3)25-10-12-28-13-11-25)23-9-14-29(26,27)19-8-6-5-7-17(19)21/h5-8,16,18H,4,9-15H2,1-3H3,(H2,22,23,24). The number of halogens is 1. The van der Waals surface area contributed by atoms with E-state index in [4.69, 9.17) is 4.74 Å². The molecular weight excluding hydrogens is 395 g/mol. The Morgan fingerprint density at radius 3 is 2.55 bits per heavy atom. The number of morpholine rings is 1. The average Bonchev–Trinajstić information content (AvgIpc) is 2.68. The molecule has 0 spiro atoms. The number of guanidine groups is 1. The SMILES string of the molecule is CCNC(=NCC(C(C)C)N1CCOCC1)NCCS(=O)(=O)c1ccccc1F. The highest BCUT2D eigenvalue weighted by Gasteiger charge is 2.24. The van der Waals surface area contributed by atoms with Crippen molar-refractivity contribution in [3.05, 3.63) is 30.1 Å². The van der Waals surface area contributed by atoms with Gasteiger partial charge in [0.2, 0.25) is 0 Å². The summed E-state index contributed by atoms with van der Waals surface area (Å²) in [4.78, 5) is 6.79. The van der Waals surface area contributed by atoms with Gasteiger partial charge in [0.15, 0.2) is 15.8 Å². The average molecular weight is 429 g/mol. The fourth-order valence-electron chi connectivity index (χ4n) is 3.29. The number of sulfone groups is 1. The second kappa shape index (κ2) is 11.5. The first kappa shape index (κ1) is 23.6. The highest BCUT2D eigenvalue weighted by Crippen LogP contribution is 2.15. The first-order valence-electron chi connectivity index (χ1n) is 10.2. The molecule has 1 fully saturated rings. The summed E-state index contributed by atoms with van der Waals surface area (Å²) in [5, 5.41) is 6.20. The number of hydrogen-bond donors (Lipinski definition) is 2. The minimum Gasteiger partial charge on any atom is -0.379 e. The van der Waals surface area contributed by atoms with Crippen LogP contribution in [0.15, 0.2) is 34.2 Å². The Labute approximate surface area is 173 Å². The molecule has 1 aromatic carbocycles. The zero-order chi connectivity index (χ0) is 21.3. The van der Waals surface area contributed by atoms with E-state index in [2.05, 4.69) is 34.4 Å². The van der Waals surface area contributed by atoms with E-state index < -0.39 is 15.7 Å². The van der Waals surface area contributed by atoms with Crippen LogP contribution in [0.3, 0.4) is 0 Å². The van der Waals surface area contributed by atoms with Crippen LogP contribution in [0.1, 0.15) is 20.8 Å². The van der Waals surface area contributed by atoms with Crippen LogP contribution >= 0.6 is 0 Å². The summed E-state index contributed by atoms with van der Waals surface area (Å²) in [6, 6.07) is 5.73. The van der Waals surface area contributed by atoms with Crippen molar-refractivity contribution in [1.82, 2.24) is 15.5 Å². The van der Waals surface area contributed by atoms with Crippen molar-refractivity contribution in [2.45, 2.75) is 31.7 Å². The van der Waals surface area contributed by atoms with Crippen LogP contribution in [0.5, 0.6) is 0 Å². The molecule has 1 aliphatic heterocycles. The molecule has 29 heavy (non-hydrogen) atoms. The van der Waals surface area contributed by atoms with Crippen LogP contribution in [0, 0.1) is 11.7 Å². The van der Waals surface area contributed by atoms with Crippen molar-refractivity contribution in [2.24, 2.45) is 10.9 Å². The molecule has 0 saturated carbocycles. The van der Waals surface area contributed by atoms with E-state index in [1.54, 1.807) is 0 Å². The molecule has 1 saturated heterocycles. The molecule has 1 unspecified atom stereocenters. The second-order valence-electron chi connectivity index (χ2n) is 7.36. The molecule has 1 atom stereocenters. The summed E-state index contributed by atoms with van der Waals surface area (Å²) >= 11 is 0. The summed E-state index contributed by atoms with van der Waals surface area (Å²) in [6.45, 7) is 11.0. The second-order valence-corrected chi connectivity index (χ2v) is 9.43. The molecule has 0 aromatic heterocycles. The number of aliphatic imine (C=N–C) groups is 1. The van der Waals surface area contributed by atoms with Gasteiger partial charge in [-0.3, -0.25) is 9.89 Å². The summed E-state index contributed by atoms with van der Waals surface area (Å²) in [6.07, 6.45) is 0. The highest BCUT2D eigenvalue weighted by molar-refractivity contribution is 7.91. The highest BCUT2D eigenvalue weighted by atomic mass is 32.2. The number of benzene rings is 1. The van der Waals surface area contributed by atoms with E-state index in [-0.39, 0.29) is 23.2 Å². The van der Waals surface area contributed by atoms with Crippen LogP contribution < -0.4 is 10.6 Å². The predicted octanol–water partition coefficient (Wildman–Crippen LogP) is 1.51. The maximum atomic E-state index is 13.8. The fourth-order valence-corrected chi connectivity index (χ4v) is 4.54. The first-order chi connectivity index (χ1) is 13.8. The van der Waals surface area contributed by atoms with E-state index in [1.165, 1.54) is 18.2 Å². The van der Waals surface area contributed by atoms with E-state index in [9.17, 15) is 12.8 Å². The quantitative estimate of drug-likeness (QED) is 0.458. The van der Waals surface area contributed by atoms with Crippen molar-refractivity contribution in [3.63, 3.8) is 0 Å². The molecule has 2 rings (SSSR count). The van der Waals surface area contributed by atoms with Gasteiger partial charge in [-0.15, -0.1) is 0 Å². The zero-order valence-electron chi connectivity index (χ0n) is 17.5. The Balaban J connectivity index is 1.97. The van der Waals surface area contributed by atoms with Gasteiger partial charge in [0, 0.05) is 32.2 Å². The molecule has 0 amide bonds.